The Morgan fingerprint density at radius 3 is 2.41 bits per heavy atom. The standard InChI is InChI=1S/C26H31N3O3/c1-18(2)20-10-6-7-11-21(20)28-25(32)22-23(30)26(17-27-24(22)31)12-14-29(15-13-26)16-19-8-4-3-5-9-19/h3-11,18,22H,12-17H2,1-2H3,(H,27,31)(H,28,32). The Morgan fingerprint density at radius 2 is 1.72 bits per heavy atom. The zero-order chi connectivity index (χ0) is 22.7. The van der Waals surface area contributed by atoms with Gasteiger partial charge in [-0.3, -0.25) is 19.3 Å². The van der Waals surface area contributed by atoms with Gasteiger partial charge in [0.05, 0.1) is 5.41 Å². The molecular weight excluding hydrogens is 402 g/mol. The fourth-order valence-corrected chi connectivity index (χ4v) is 4.83. The van der Waals surface area contributed by atoms with Gasteiger partial charge in [0.15, 0.2) is 11.7 Å². The number of benzene rings is 2. The summed E-state index contributed by atoms with van der Waals surface area (Å²) in [5, 5.41) is 5.71. The number of carbonyl (C=O) groups is 3. The van der Waals surface area contributed by atoms with Crippen LogP contribution in [0.25, 0.3) is 0 Å². The Morgan fingerprint density at radius 1 is 1.06 bits per heavy atom. The third kappa shape index (κ3) is 4.46. The lowest BCUT2D eigenvalue weighted by Crippen LogP contribution is -2.61. The first kappa shape index (κ1) is 22.2. The Kier molecular flexibility index (Phi) is 6.42. The van der Waals surface area contributed by atoms with Gasteiger partial charge in [0.1, 0.15) is 0 Å². The molecule has 1 unspecified atom stereocenters. The highest BCUT2D eigenvalue weighted by molar-refractivity contribution is 6.24. The van der Waals surface area contributed by atoms with Gasteiger partial charge in [-0.25, -0.2) is 0 Å². The van der Waals surface area contributed by atoms with E-state index in [1.54, 1.807) is 0 Å². The number of rotatable bonds is 5. The van der Waals surface area contributed by atoms with Crippen molar-refractivity contribution in [3.63, 3.8) is 0 Å². The quantitative estimate of drug-likeness (QED) is 0.709. The SMILES string of the molecule is CC(C)c1ccccc1NC(=O)C1C(=O)NCC2(CCN(Cc3ccccc3)CC2)C1=O. The van der Waals surface area contributed by atoms with Crippen LogP contribution >= 0.6 is 0 Å². The highest BCUT2D eigenvalue weighted by Crippen LogP contribution is 2.38. The molecule has 6 nitrogen and oxygen atoms in total. The third-order valence-electron chi connectivity index (χ3n) is 6.81. The summed E-state index contributed by atoms with van der Waals surface area (Å²) >= 11 is 0. The molecule has 2 aromatic carbocycles. The van der Waals surface area contributed by atoms with Crippen molar-refractivity contribution >= 4 is 23.3 Å². The number of hydrogen-bond donors (Lipinski definition) is 2. The maximum Gasteiger partial charge on any atom is 0.244 e. The number of carbonyl (C=O) groups excluding carboxylic acids is 3. The fraction of sp³-hybridized carbons (Fsp3) is 0.423. The van der Waals surface area contributed by atoms with Crippen molar-refractivity contribution in [3.8, 4) is 0 Å². The van der Waals surface area contributed by atoms with Crippen molar-refractivity contribution in [1.82, 2.24) is 10.2 Å². The van der Waals surface area contributed by atoms with Gasteiger partial charge in [-0.1, -0.05) is 62.4 Å². The predicted molar refractivity (Wildman–Crippen MR) is 124 cm³/mol. The van der Waals surface area contributed by atoms with E-state index < -0.39 is 23.1 Å². The van der Waals surface area contributed by atoms with E-state index in [1.165, 1.54) is 5.56 Å². The van der Waals surface area contributed by atoms with E-state index in [0.717, 1.165) is 25.2 Å². The number of Topliss-reactive ketones (excluding diaryl/α,β-unsaturated/α-hetero) is 1. The van der Waals surface area contributed by atoms with Crippen LogP contribution in [0, 0.1) is 11.3 Å². The second-order valence-electron chi connectivity index (χ2n) is 9.29. The summed E-state index contributed by atoms with van der Waals surface area (Å²) in [6.07, 6.45) is 1.29. The summed E-state index contributed by atoms with van der Waals surface area (Å²) in [7, 11) is 0. The van der Waals surface area contributed by atoms with Crippen molar-refractivity contribution in [3.05, 3.63) is 65.7 Å². The van der Waals surface area contributed by atoms with Gasteiger partial charge in [-0.15, -0.1) is 0 Å². The number of nitrogens with one attached hydrogen (secondary N) is 2. The molecule has 4 rings (SSSR count). The van der Waals surface area contributed by atoms with Crippen LogP contribution in [0.2, 0.25) is 0 Å². The van der Waals surface area contributed by atoms with Gasteiger partial charge < -0.3 is 10.6 Å². The van der Waals surface area contributed by atoms with Crippen molar-refractivity contribution in [2.45, 2.75) is 39.2 Å². The Bertz CT molecular complexity index is 994. The Hall–Kier alpha value is -2.99. The van der Waals surface area contributed by atoms with E-state index >= 15 is 0 Å². The predicted octanol–water partition coefficient (Wildman–Crippen LogP) is 3.35. The van der Waals surface area contributed by atoms with Crippen LogP contribution in [-0.4, -0.2) is 42.1 Å². The van der Waals surface area contributed by atoms with E-state index in [4.69, 9.17) is 0 Å². The molecule has 0 aliphatic carbocycles. The van der Waals surface area contributed by atoms with Crippen LogP contribution in [0.1, 0.15) is 43.7 Å². The normalized spacial score (nSPS) is 20.9. The minimum absolute atomic E-state index is 0.211. The highest BCUT2D eigenvalue weighted by Gasteiger charge is 2.52. The van der Waals surface area contributed by atoms with Crippen LogP contribution < -0.4 is 10.6 Å². The van der Waals surface area contributed by atoms with Crippen molar-refractivity contribution < 1.29 is 14.4 Å². The number of nitrogens with zero attached hydrogens (tertiary/aromatic N) is 1. The minimum Gasteiger partial charge on any atom is -0.354 e. The number of likely N-dealkylation sites (tertiary alicyclic amines) is 1. The van der Waals surface area contributed by atoms with Gasteiger partial charge >= 0.3 is 0 Å². The first-order valence-corrected chi connectivity index (χ1v) is 11.4. The van der Waals surface area contributed by atoms with E-state index in [9.17, 15) is 14.4 Å². The molecule has 0 radical (unpaired) electrons. The number of para-hydroxylation sites is 1. The number of anilines is 1. The topological polar surface area (TPSA) is 78.5 Å². The average molecular weight is 434 g/mol. The number of ketones is 1. The molecule has 2 heterocycles. The first-order chi connectivity index (χ1) is 15.4. The molecule has 2 aliphatic rings. The second-order valence-corrected chi connectivity index (χ2v) is 9.29. The van der Waals surface area contributed by atoms with E-state index in [0.29, 0.717) is 25.1 Å². The zero-order valence-corrected chi connectivity index (χ0v) is 18.8. The molecule has 2 aliphatic heterocycles. The van der Waals surface area contributed by atoms with Crippen LogP contribution in [-0.2, 0) is 20.9 Å². The monoisotopic (exact) mass is 433 g/mol. The average Bonchev–Trinajstić information content (AvgIpc) is 2.79. The molecule has 2 saturated heterocycles. The summed E-state index contributed by atoms with van der Waals surface area (Å²) in [6, 6.07) is 17.8. The number of hydrogen-bond acceptors (Lipinski definition) is 4. The van der Waals surface area contributed by atoms with E-state index in [1.807, 2.05) is 56.3 Å². The summed E-state index contributed by atoms with van der Waals surface area (Å²) in [6.45, 7) is 6.77. The second kappa shape index (κ2) is 9.25. The molecule has 1 spiro atoms. The van der Waals surface area contributed by atoms with Crippen molar-refractivity contribution in [2.75, 3.05) is 25.0 Å². The summed E-state index contributed by atoms with van der Waals surface area (Å²) in [5.41, 5.74) is 2.22. The summed E-state index contributed by atoms with van der Waals surface area (Å²) in [4.78, 5) is 41.5. The number of amides is 2. The molecule has 6 heteroatoms. The van der Waals surface area contributed by atoms with Gasteiger partial charge in [0.25, 0.3) is 0 Å². The van der Waals surface area contributed by atoms with E-state index in [-0.39, 0.29) is 11.7 Å². The summed E-state index contributed by atoms with van der Waals surface area (Å²) < 4.78 is 0. The Balaban J connectivity index is 1.45. The first-order valence-electron chi connectivity index (χ1n) is 11.4. The van der Waals surface area contributed by atoms with Gasteiger partial charge in [-0.2, -0.15) is 0 Å². The van der Waals surface area contributed by atoms with Gasteiger partial charge in [0, 0.05) is 18.8 Å². The molecule has 0 aromatic heterocycles. The lowest BCUT2D eigenvalue weighted by molar-refractivity contribution is -0.151. The lowest BCUT2D eigenvalue weighted by Gasteiger charge is -2.44. The van der Waals surface area contributed by atoms with Crippen molar-refractivity contribution in [2.24, 2.45) is 11.3 Å². The molecular formula is C26H31N3O3. The van der Waals surface area contributed by atoms with Crippen LogP contribution in [0.15, 0.2) is 54.6 Å². The molecule has 0 saturated carbocycles. The van der Waals surface area contributed by atoms with Crippen LogP contribution in [0.3, 0.4) is 0 Å². The highest BCUT2D eigenvalue weighted by atomic mass is 16.2. The largest absolute Gasteiger partial charge is 0.354 e. The number of piperidine rings is 2. The molecule has 32 heavy (non-hydrogen) atoms. The zero-order valence-electron chi connectivity index (χ0n) is 18.8. The molecule has 168 valence electrons. The molecule has 2 N–H and O–H groups in total. The Labute approximate surface area is 189 Å². The smallest absolute Gasteiger partial charge is 0.244 e. The van der Waals surface area contributed by atoms with Gasteiger partial charge in [0.2, 0.25) is 11.8 Å². The van der Waals surface area contributed by atoms with E-state index in [2.05, 4.69) is 27.7 Å². The third-order valence-corrected chi connectivity index (χ3v) is 6.81. The molecule has 2 fully saturated rings. The summed E-state index contributed by atoms with van der Waals surface area (Å²) in [5.74, 6) is -2.36. The maximum atomic E-state index is 13.5. The van der Waals surface area contributed by atoms with Crippen LogP contribution in [0.4, 0.5) is 5.69 Å². The van der Waals surface area contributed by atoms with Crippen LogP contribution in [0.5, 0.6) is 0 Å². The maximum absolute atomic E-state index is 13.5. The molecule has 0 bridgehead atoms. The molecule has 1 atom stereocenters. The van der Waals surface area contributed by atoms with Gasteiger partial charge in [-0.05, 0) is 49.0 Å². The lowest BCUT2D eigenvalue weighted by atomic mass is 9.68. The molecule has 2 amide bonds. The molecule has 2 aromatic rings. The fourth-order valence-electron chi connectivity index (χ4n) is 4.83. The van der Waals surface area contributed by atoms with Crippen molar-refractivity contribution in [1.29, 1.82) is 0 Å². The minimum atomic E-state index is -1.30.